The van der Waals surface area contributed by atoms with Crippen molar-refractivity contribution < 1.29 is 24.4 Å². The number of carbonyl (C=O) groups is 2. The van der Waals surface area contributed by atoms with Crippen molar-refractivity contribution in [2.45, 2.75) is 18.6 Å². The minimum atomic E-state index is -0.909. The van der Waals surface area contributed by atoms with E-state index in [9.17, 15) is 24.8 Å². The first-order valence-electron chi connectivity index (χ1n) is 9.63. The Kier molecular flexibility index (Phi) is 6.10. The maximum atomic E-state index is 12.8. The van der Waals surface area contributed by atoms with E-state index >= 15 is 0 Å². The number of hydrogen-bond acceptors (Lipinski definition) is 8. The van der Waals surface area contributed by atoms with Crippen LogP contribution in [0.25, 0.3) is 11.3 Å². The van der Waals surface area contributed by atoms with Crippen LogP contribution in [0.2, 0.25) is 0 Å². The van der Waals surface area contributed by atoms with Crippen LogP contribution < -0.4 is 10.1 Å². The number of carbonyl (C=O) groups excluding carboxylic acids is 2. The highest BCUT2D eigenvalue weighted by atomic mass is 32.1. The summed E-state index contributed by atoms with van der Waals surface area (Å²) in [5, 5.41) is 25.5. The third kappa shape index (κ3) is 4.74. The summed E-state index contributed by atoms with van der Waals surface area (Å²) in [6.45, 7) is -0.0182. The van der Waals surface area contributed by atoms with Gasteiger partial charge in [0.2, 0.25) is 5.91 Å². The molecular weight excluding hydrogens is 436 g/mol. The quantitative estimate of drug-likeness (QED) is 0.446. The van der Waals surface area contributed by atoms with Crippen molar-refractivity contribution in [3.05, 3.63) is 70.1 Å². The lowest BCUT2D eigenvalue weighted by Crippen LogP contribution is -2.44. The molecule has 0 spiro atoms. The third-order valence-corrected chi connectivity index (χ3v) is 5.63. The second-order valence-corrected chi connectivity index (χ2v) is 7.93. The highest BCUT2D eigenvalue weighted by Crippen LogP contribution is 2.28. The number of non-ortho nitro benzene ring substituents is 1. The zero-order chi connectivity index (χ0) is 22.7. The number of benzene rings is 2. The van der Waals surface area contributed by atoms with E-state index in [2.05, 4.69) is 10.3 Å². The Hall–Kier alpha value is -3.83. The monoisotopic (exact) mass is 454 g/mol. The molecule has 4 rings (SSSR count). The molecule has 1 aliphatic rings. The highest BCUT2D eigenvalue weighted by Gasteiger charge is 2.40. The lowest BCUT2D eigenvalue weighted by Gasteiger charge is -2.22. The summed E-state index contributed by atoms with van der Waals surface area (Å²) in [4.78, 5) is 41.2. The summed E-state index contributed by atoms with van der Waals surface area (Å²) in [6.07, 6.45) is -1.49. The van der Waals surface area contributed by atoms with Gasteiger partial charge in [-0.25, -0.2) is 9.78 Å². The van der Waals surface area contributed by atoms with E-state index in [0.29, 0.717) is 22.1 Å². The molecule has 0 radical (unpaired) electrons. The van der Waals surface area contributed by atoms with E-state index in [-0.39, 0.29) is 18.7 Å². The van der Waals surface area contributed by atoms with E-state index in [0.717, 1.165) is 0 Å². The summed E-state index contributed by atoms with van der Waals surface area (Å²) in [5.74, 6) is -0.151. The number of amides is 2. The van der Waals surface area contributed by atoms with Crippen LogP contribution >= 0.6 is 11.3 Å². The van der Waals surface area contributed by atoms with Crippen molar-refractivity contribution >= 4 is 34.2 Å². The fourth-order valence-corrected chi connectivity index (χ4v) is 4.04. The molecule has 0 unspecified atom stereocenters. The van der Waals surface area contributed by atoms with Gasteiger partial charge in [-0.1, -0.05) is 18.2 Å². The number of aromatic nitrogens is 1. The van der Waals surface area contributed by atoms with Gasteiger partial charge in [0, 0.05) is 29.5 Å². The summed E-state index contributed by atoms with van der Waals surface area (Å²) >= 11 is 1.18. The van der Waals surface area contributed by atoms with Crippen molar-refractivity contribution in [2.75, 3.05) is 11.9 Å². The Bertz CT molecular complexity index is 1130. The van der Waals surface area contributed by atoms with Gasteiger partial charge in [0.1, 0.15) is 11.8 Å². The SMILES string of the molecule is O=C(Nc1nc(-c2ccc([N+](=O)[O-])cc2)cs1)[C@H]1C[C@@H](O)CN1C(=O)Oc1ccccc1. The van der Waals surface area contributed by atoms with E-state index in [4.69, 9.17) is 4.74 Å². The highest BCUT2D eigenvalue weighted by molar-refractivity contribution is 7.14. The first-order chi connectivity index (χ1) is 15.4. The van der Waals surface area contributed by atoms with Gasteiger partial charge in [-0.2, -0.15) is 0 Å². The molecule has 3 aromatic rings. The number of nitro groups is 1. The van der Waals surface area contributed by atoms with Crippen molar-refractivity contribution in [2.24, 2.45) is 0 Å². The van der Waals surface area contributed by atoms with Crippen molar-refractivity contribution in [3.63, 3.8) is 0 Å². The Morgan fingerprint density at radius 1 is 1.19 bits per heavy atom. The first kappa shape index (κ1) is 21.4. The second kappa shape index (κ2) is 9.12. The number of nitro benzene ring substituents is 1. The Morgan fingerprint density at radius 2 is 1.91 bits per heavy atom. The van der Waals surface area contributed by atoms with Crippen LogP contribution in [0, 0.1) is 10.1 Å². The summed E-state index contributed by atoms with van der Waals surface area (Å²) in [7, 11) is 0. The molecule has 2 amide bonds. The van der Waals surface area contributed by atoms with Crippen molar-refractivity contribution in [3.8, 4) is 17.0 Å². The molecule has 2 N–H and O–H groups in total. The van der Waals surface area contributed by atoms with Crippen LogP contribution in [0.4, 0.5) is 15.6 Å². The molecule has 0 aliphatic carbocycles. The zero-order valence-electron chi connectivity index (χ0n) is 16.6. The molecule has 1 aliphatic heterocycles. The minimum absolute atomic E-state index is 0.0182. The van der Waals surface area contributed by atoms with Crippen LogP contribution in [-0.4, -0.2) is 50.6 Å². The normalized spacial score (nSPS) is 17.7. The molecule has 1 fully saturated rings. The molecule has 1 aromatic heterocycles. The zero-order valence-corrected chi connectivity index (χ0v) is 17.4. The molecule has 2 atom stereocenters. The summed E-state index contributed by atoms with van der Waals surface area (Å²) < 4.78 is 5.30. The number of anilines is 1. The van der Waals surface area contributed by atoms with E-state index < -0.39 is 29.1 Å². The van der Waals surface area contributed by atoms with Gasteiger partial charge < -0.3 is 15.2 Å². The molecule has 11 heteroatoms. The number of ether oxygens (including phenoxy) is 1. The maximum Gasteiger partial charge on any atom is 0.416 e. The van der Waals surface area contributed by atoms with E-state index in [1.165, 1.54) is 28.4 Å². The second-order valence-electron chi connectivity index (χ2n) is 7.07. The van der Waals surface area contributed by atoms with Gasteiger partial charge in [-0.05, 0) is 24.3 Å². The maximum absolute atomic E-state index is 12.8. The molecule has 0 saturated carbocycles. The largest absolute Gasteiger partial charge is 0.416 e. The van der Waals surface area contributed by atoms with Crippen LogP contribution in [-0.2, 0) is 4.79 Å². The number of aliphatic hydroxyl groups excluding tert-OH is 1. The van der Waals surface area contributed by atoms with Gasteiger partial charge in [0.15, 0.2) is 5.13 Å². The lowest BCUT2D eigenvalue weighted by atomic mass is 10.1. The van der Waals surface area contributed by atoms with E-state index in [1.54, 1.807) is 47.8 Å². The third-order valence-electron chi connectivity index (χ3n) is 4.87. The van der Waals surface area contributed by atoms with Gasteiger partial charge in [-0.3, -0.25) is 19.8 Å². The molecular formula is C21H18N4O6S. The number of nitrogens with one attached hydrogen (secondary N) is 1. The van der Waals surface area contributed by atoms with Gasteiger partial charge in [0.05, 0.1) is 23.3 Å². The van der Waals surface area contributed by atoms with Crippen LogP contribution in [0.15, 0.2) is 60.0 Å². The number of nitrogens with zero attached hydrogens (tertiary/aromatic N) is 3. The molecule has 32 heavy (non-hydrogen) atoms. The van der Waals surface area contributed by atoms with Crippen molar-refractivity contribution in [1.29, 1.82) is 0 Å². The molecule has 10 nitrogen and oxygen atoms in total. The minimum Gasteiger partial charge on any atom is -0.410 e. The van der Waals surface area contributed by atoms with E-state index in [1.807, 2.05) is 0 Å². The number of para-hydroxylation sites is 1. The van der Waals surface area contributed by atoms with Gasteiger partial charge in [-0.15, -0.1) is 11.3 Å². The van der Waals surface area contributed by atoms with Crippen LogP contribution in [0.3, 0.4) is 0 Å². The van der Waals surface area contributed by atoms with Crippen LogP contribution in [0.5, 0.6) is 5.75 Å². The predicted molar refractivity (Wildman–Crippen MR) is 116 cm³/mol. The Labute approximate surface area is 186 Å². The van der Waals surface area contributed by atoms with Crippen molar-refractivity contribution in [1.82, 2.24) is 9.88 Å². The number of β-amino-alcohol motifs (C(OH)–C–C–N with tert-alkyl or cyclic N) is 1. The Morgan fingerprint density at radius 3 is 2.59 bits per heavy atom. The smallest absolute Gasteiger partial charge is 0.410 e. The lowest BCUT2D eigenvalue weighted by molar-refractivity contribution is -0.384. The molecule has 2 heterocycles. The molecule has 1 saturated heterocycles. The Balaban J connectivity index is 1.43. The van der Waals surface area contributed by atoms with Crippen LogP contribution in [0.1, 0.15) is 6.42 Å². The summed E-state index contributed by atoms with van der Waals surface area (Å²) in [6, 6.07) is 13.5. The number of hydrogen-bond donors (Lipinski definition) is 2. The number of thiazole rings is 1. The average molecular weight is 454 g/mol. The average Bonchev–Trinajstić information content (AvgIpc) is 3.41. The van der Waals surface area contributed by atoms with Gasteiger partial charge in [0.25, 0.3) is 5.69 Å². The van der Waals surface area contributed by atoms with Gasteiger partial charge >= 0.3 is 6.09 Å². The fraction of sp³-hybridized carbons (Fsp3) is 0.190. The first-order valence-corrected chi connectivity index (χ1v) is 10.5. The molecule has 164 valence electrons. The number of rotatable bonds is 5. The topological polar surface area (TPSA) is 135 Å². The fourth-order valence-electron chi connectivity index (χ4n) is 3.32. The number of likely N-dealkylation sites (tertiary alicyclic amines) is 1. The molecule has 2 aromatic carbocycles. The summed E-state index contributed by atoms with van der Waals surface area (Å²) in [5.41, 5.74) is 1.18. The number of aliphatic hydroxyl groups is 1. The standard InChI is InChI=1S/C21H18N4O6S/c26-15-10-18(24(11-15)21(28)31-16-4-2-1-3-5-16)19(27)23-20-22-17(12-32-20)13-6-8-14(9-7-13)25(29)30/h1-9,12,15,18,26H,10-11H2,(H,22,23,27)/t15-,18-/m1/s1. The predicted octanol–water partition coefficient (Wildman–Crippen LogP) is 3.29. The molecule has 0 bridgehead atoms.